The summed E-state index contributed by atoms with van der Waals surface area (Å²) in [6.07, 6.45) is 4.89. The lowest BCUT2D eigenvalue weighted by molar-refractivity contribution is 0.112. The van der Waals surface area contributed by atoms with Gasteiger partial charge in [0.25, 0.3) is 0 Å². The molecule has 2 rings (SSSR count). The van der Waals surface area contributed by atoms with E-state index in [1.165, 1.54) is 0 Å². The largest absolute Gasteiger partial charge is 0.298 e. The first-order valence-electron chi connectivity index (χ1n) is 5.17. The molecule has 0 spiro atoms. The summed E-state index contributed by atoms with van der Waals surface area (Å²) in [6.45, 7) is 0. The topological polar surface area (TPSA) is 17.1 Å². The lowest BCUT2D eigenvalue weighted by atomic mass is 10.1. The second-order valence-electron chi connectivity index (χ2n) is 3.53. The Hall–Kier alpha value is -2.15. The first-order valence-corrected chi connectivity index (χ1v) is 5.17. The third-order valence-electron chi connectivity index (χ3n) is 2.31. The number of carbonyl (C=O) groups is 1. The van der Waals surface area contributed by atoms with Gasteiger partial charge >= 0.3 is 0 Å². The quantitative estimate of drug-likeness (QED) is 0.555. The highest BCUT2D eigenvalue weighted by atomic mass is 16.1. The van der Waals surface area contributed by atoms with Crippen LogP contribution in [0.1, 0.15) is 21.5 Å². The van der Waals surface area contributed by atoms with Crippen molar-refractivity contribution in [1.82, 2.24) is 0 Å². The Balaban J connectivity index is 2.20. The molecule has 78 valence electrons. The van der Waals surface area contributed by atoms with E-state index in [0.29, 0.717) is 5.56 Å². The van der Waals surface area contributed by atoms with Crippen molar-refractivity contribution in [1.29, 1.82) is 0 Å². The predicted octanol–water partition coefficient (Wildman–Crippen LogP) is 3.67. The van der Waals surface area contributed by atoms with Crippen LogP contribution in [0.3, 0.4) is 0 Å². The van der Waals surface area contributed by atoms with Gasteiger partial charge < -0.3 is 0 Å². The Morgan fingerprint density at radius 2 is 1.31 bits per heavy atom. The van der Waals surface area contributed by atoms with E-state index in [0.717, 1.165) is 17.4 Å². The lowest BCUT2D eigenvalue weighted by Gasteiger charge is -1.95. The summed E-state index contributed by atoms with van der Waals surface area (Å²) in [7, 11) is 0. The van der Waals surface area contributed by atoms with Crippen LogP contribution in [0.5, 0.6) is 0 Å². The van der Waals surface area contributed by atoms with E-state index in [1.54, 1.807) is 6.07 Å². The average molecular weight is 208 g/mol. The van der Waals surface area contributed by atoms with Crippen LogP contribution in [-0.4, -0.2) is 6.29 Å². The zero-order chi connectivity index (χ0) is 11.2. The van der Waals surface area contributed by atoms with Crippen molar-refractivity contribution in [3.8, 4) is 0 Å². The summed E-state index contributed by atoms with van der Waals surface area (Å²) >= 11 is 0. The molecule has 0 aliphatic rings. The maximum absolute atomic E-state index is 10.6. The number of aldehydes is 1. The molecular formula is C15H12O. The fourth-order valence-corrected chi connectivity index (χ4v) is 1.49. The highest BCUT2D eigenvalue weighted by Crippen LogP contribution is 2.09. The van der Waals surface area contributed by atoms with Crippen molar-refractivity contribution >= 4 is 18.4 Å². The Kier molecular flexibility index (Phi) is 3.29. The maximum atomic E-state index is 10.6. The molecule has 1 heteroatoms. The van der Waals surface area contributed by atoms with E-state index in [2.05, 4.69) is 0 Å². The van der Waals surface area contributed by atoms with Crippen molar-refractivity contribution in [2.24, 2.45) is 0 Å². The fourth-order valence-electron chi connectivity index (χ4n) is 1.49. The van der Waals surface area contributed by atoms with Gasteiger partial charge in [-0.1, -0.05) is 60.7 Å². The van der Waals surface area contributed by atoms with Gasteiger partial charge in [0.15, 0.2) is 0 Å². The Morgan fingerprint density at radius 1 is 0.688 bits per heavy atom. The zero-order valence-corrected chi connectivity index (χ0v) is 8.84. The third kappa shape index (κ3) is 2.67. The Labute approximate surface area is 95.1 Å². The second-order valence-corrected chi connectivity index (χ2v) is 3.53. The van der Waals surface area contributed by atoms with Gasteiger partial charge in [-0.25, -0.2) is 0 Å². The van der Waals surface area contributed by atoms with Crippen LogP contribution in [0.2, 0.25) is 0 Å². The van der Waals surface area contributed by atoms with Gasteiger partial charge in [0, 0.05) is 5.56 Å². The van der Waals surface area contributed by atoms with Crippen LogP contribution in [0.4, 0.5) is 0 Å². The van der Waals surface area contributed by atoms with Gasteiger partial charge in [0.2, 0.25) is 0 Å². The van der Waals surface area contributed by atoms with Crippen LogP contribution < -0.4 is 0 Å². The second kappa shape index (κ2) is 5.08. The number of benzene rings is 2. The predicted molar refractivity (Wildman–Crippen MR) is 67.2 cm³/mol. The van der Waals surface area contributed by atoms with Crippen LogP contribution in [0.15, 0.2) is 54.6 Å². The highest BCUT2D eigenvalue weighted by Gasteiger charge is 1.90. The minimum Gasteiger partial charge on any atom is -0.298 e. The first kappa shape index (κ1) is 10.4. The zero-order valence-electron chi connectivity index (χ0n) is 8.84. The molecule has 0 amide bonds. The van der Waals surface area contributed by atoms with E-state index in [9.17, 15) is 4.79 Å². The highest BCUT2D eigenvalue weighted by molar-refractivity contribution is 5.78. The molecule has 0 saturated carbocycles. The number of hydrogen-bond donors (Lipinski definition) is 0. The van der Waals surface area contributed by atoms with Gasteiger partial charge in [-0.05, 0) is 17.2 Å². The molecule has 0 saturated heterocycles. The molecule has 0 heterocycles. The van der Waals surface area contributed by atoms with Gasteiger partial charge in [0.05, 0.1) is 0 Å². The number of rotatable bonds is 3. The molecule has 0 aliphatic heterocycles. The summed E-state index contributed by atoms with van der Waals surface area (Å²) in [5, 5.41) is 0. The number of hydrogen-bond acceptors (Lipinski definition) is 1. The molecule has 1 nitrogen and oxygen atoms in total. The molecule has 2 aromatic rings. The van der Waals surface area contributed by atoms with Gasteiger partial charge in [0.1, 0.15) is 6.29 Å². The minimum atomic E-state index is 0.704. The van der Waals surface area contributed by atoms with Gasteiger partial charge in [-0.15, -0.1) is 0 Å². The summed E-state index contributed by atoms with van der Waals surface area (Å²) in [6, 6.07) is 17.6. The van der Waals surface area contributed by atoms with Crippen LogP contribution in [0, 0.1) is 0 Å². The monoisotopic (exact) mass is 208 g/mol. The average Bonchev–Trinajstić information content (AvgIpc) is 2.38. The molecule has 0 fully saturated rings. The summed E-state index contributed by atoms with van der Waals surface area (Å²) in [4.78, 5) is 10.6. The van der Waals surface area contributed by atoms with E-state index in [1.807, 2.05) is 60.7 Å². The molecule has 0 aromatic heterocycles. The molecule has 0 atom stereocenters. The molecule has 0 N–H and O–H groups in total. The van der Waals surface area contributed by atoms with Crippen LogP contribution in [0.25, 0.3) is 12.2 Å². The SMILES string of the molecule is O=Cc1cccc(/C=C/c2ccccc2)c1. The minimum absolute atomic E-state index is 0.704. The van der Waals surface area contributed by atoms with E-state index in [-0.39, 0.29) is 0 Å². The van der Waals surface area contributed by atoms with Crippen molar-refractivity contribution < 1.29 is 4.79 Å². The van der Waals surface area contributed by atoms with Crippen LogP contribution >= 0.6 is 0 Å². The molecular weight excluding hydrogens is 196 g/mol. The van der Waals surface area contributed by atoms with Crippen molar-refractivity contribution in [3.63, 3.8) is 0 Å². The van der Waals surface area contributed by atoms with Crippen LogP contribution in [-0.2, 0) is 0 Å². The van der Waals surface area contributed by atoms with E-state index < -0.39 is 0 Å². The van der Waals surface area contributed by atoms with Gasteiger partial charge in [-0.3, -0.25) is 4.79 Å². The molecule has 0 unspecified atom stereocenters. The van der Waals surface area contributed by atoms with Crippen molar-refractivity contribution in [2.45, 2.75) is 0 Å². The molecule has 0 bridgehead atoms. The summed E-state index contributed by atoms with van der Waals surface area (Å²) in [5.74, 6) is 0. The molecule has 16 heavy (non-hydrogen) atoms. The van der Waals surface area contributed by atoms with E-state index in [4.69, 9.17) is 0 Å². The van der Waals surface area contributed by atoms with Crippen molar-refractivity contribution in [3.05, 3.63) is 71.3 Å². The normalized spacial score (nSPS) is 10.5. The smallest absolute Gasteiger partial charge is 0.150 e. The first-order chi connectivity index (χ1) is 7.88. The van der Waals surface area contributed by atoms with Crippen molar-refractivity contribution in [2.75, 3.05) is 0 Å². The maximum Gasteiger partial charge on any atom is 0.150 e. The summed E-state index contributed by atoms with van der Waals surface area (Å²) in [5.41, 5.74) is 2.89. The molecule has 0 radical (unpaired) electrons. The number of carbonyl (C=O) groups excluding carboxylic acids is 1. The third-order valence-corrected chi connectivity index (χ3v) is 2.31. The lowest BCUT2D eigenvalue weighted by Crippen LogP contribution is -1.79. The Bertz CT molecular complexity index is 498. The Morgan fingerprint density at radius 3 is 2.06 bits per heavy atom. The molecule has 2 aromatic carbocycles. The van der Waals surface area contributed by atoms with E-state index >= 15 is 0 Å². The molecule has 0 aliphatic carbocycles. The summed E-state index contributed by atoms with van der Waals surface area (Å²) < 4.78 is 0. The standard InChI is InChI=1S/C15H12O/c16-12-15-8-4-7-14(11-15)10-9-13-5-2-1-3-6-13/h1-12H/b10-9+. The fraction of sp³-hybridized carbons (Fsp3) is 0. The van der Waals surface area contributed by atoms with Gasteiger partial charge in [-0.2, -0.15) is 0 Å².